The molecule has 0 fully saturated rings. The summed E-state index contributed by atoms with van der Waals surface area (Å²) < 4.78 is 0. The normalized spacial score (nSPS) is 10.5. The van der Waals surface area contributed by atoms with E-state index in [1.165, 1.54) is 22.7 Å². The van der Waals surface area contributed by atoms with E-state index in [0.717, 1.165) is 11.4 Å². The SMILES string of the molecule is CN(C)c1ccc(N(C)c2ccc(N(C)c3ccc(N(C)C)cc3)cc2)cc1. The molecule has 0 amide bonds. The summed E-state index contributed by atoms with van der Waals surface area (Å²) in [6, 6.07) is 25.9. The van der Waals surface area contributed by atoms with Crippen molar-refractivity contribution in [2.75, 3.05) is 61.9 Å². The Labute approximate surface area is 169 Å². The Bertz CT molecular complexity index is 805. The van der Waals surface area contributed by atoms with Gasteiger partial charge in [0, 0.05) is 76.4 Å². The molecule has 0 heterocycles. The van der Waals surface area contributed by atoms with Crippen molar-refractivity contribution in [2.45, 2.75) is 0 Å². The van der Waals surface area contributed by atoms with E-state index in [-0.39, 0.29) is 0 Å². The summed E-state index contributed by atoms with van der Waals surface area (Å²) >= 11 is 0. The summed E-state index contributed by atoms with van der Waals surface area (Å²) in [4.78, 5) is 8.63. The molecule has 3 rings (SSSR count). The predicted octanol–water partition coefficient (Wildman–Crippen LogP) is 5.35. The van der Waals surface area contributed by atoms with Crippen molar-refractivity contribution in [1.82, 2.24) is 0 Å². The van der Waals surface area contributed by atoms with Crippen LogP contribution in [0.5, 0.6) is 0 Å². The second-order valence-electron chi connectivity index (χ2n) is 7.46. The van der Waals surface area contributed by atoms with Crippen molar-refractivity contribution in [3.05, 3.63) is 72.8 Å². The summed E-state index contributed by atoms with van der Waals surface area (Å²) in [5.74, 6) is 0. The zero-order chi connectivity index (χ0) is 20.3. The highest BCUT2D eigenvalue weighted by Crippen LogP contribution is 2.30. The Hall–Kier alpha value is -3.14. The molecule has 0 aliphatic heterocycles. The van der Waals surface area contributed by atoms with Crippen LogP contribution in [0, 0.1) is 0 Å². The first-order chi connectivity index (χ1) is 13.4. The van der Waals surface area contributed by atoms with Crippen LogP contribution in [0.2, 0.25) is 0 Å². The van der Waals surface area contributed by atoms with Gasteiger partial charge in [0.05, 0.1) is 0 Å². The first kappa shape index (κ1) is 19.6. The molecule has 0 N–H and O–H groups in total. The summed E-state index contributed by atoms with van der Waals surface area (Å²) in [5, 5.41) is 0. The highest BCUT2D eigenvalue weighted by Gasteiger charge is 2.08. The van der Waals surface area contributed by atoms with Gasteiger partial charge in [0.2, 0.25) is 0 Å². The largest absolute Gasteiger partial charge is 0.378 e. The van der Waals surface area contributed by atoms with Gasteiger partial charge in [-0.3, -0.25) is 0 Å². The van der Waals surface area contributed by atoms with Crippen LogP contribution in [0.3, 0.4) is 0 Å². The summed E-state index contributed by atoms with van der Waals surface area (Å²) in [5.41, 5.74) is 7.08. The third-order valence-corrected chi connectivity index (χ3v) is 5.13. The van der Waals surface area contributed by atoms with Crippen LogP contribution in [0.25, 0.3) is 0 Å². The third-order valence-electron chi connectivity index (χ3n) is 5.13. The van der Waals surface area contributed by atoms with Crippen molar-refractivity contribution in [3.63, 3.8) is 0 Å². The van der Waals surface area contributed by atoms with Crippen molar-refractivity contribution < 1.29 is 0 Å². The summed E-state index contributed by atoms with van der Waals surface area (Å²) in [6.07, 6.45) is 0. The molecule has 0 saturated carbocycles. The molecule has 0 atom stereocenters. The van der Waals surface area contributed by atoms with Crippen LogP contribution < -0.4 is 19.6 Å². The third kappa shape index (κ3) is 4.22. The number of nitrogens with zero attached hydrogens (tertiary/aromatic N) is 4. The lowest BCUT2D eigenvalue weighted by Gasteiger charge is -2.24. The Morgan fingerprint density at radius 1 is 0.321 bits per heavy atom. The molecule has 0 bridgehead atoms. The van der Waals surface area contributed by atoms with Crippen LogP contribution in [0.1, 0.15) is 0 Å². The van der Waals surface area contributed by atoms with Gasteiger partial charge >= 0.3 is 0 Å². The van der Waals surface area contributed by atoms with Gasteiger partial charge in [-0.1, -0.05) is 0 Å². The van der Waals surface area contributed by atoms with Gasteiger partial charge in [-0.2, -0.15) is 0 Å². The molecule has 0 aliphatic carbocycles. The summed E-state index contributed by atoms with van der Waals surface area (Å²) in [7, 11) is 12.4. The van der Waals surface area contributed by atoms with E-state index < -0.39 is 0 Å². The first-order valence-corrected chi connectivity index (χ1v) is 9.49. The lowest BCUT2D eigenvalue weighted by molar-refractivity contribution is 1.12. The van der Waals surface area contributed by atoms with E-state index in [9.17, 15) is 0 Å². The Morgan fingerprint density at radius 2 is 0.500 bits per heavy atom. The molecule has 3 aromatic carbocycles. The summed E-state index contributed by atoms with van der Waals surface area (Å²) in [6.45, 7) is 0. The molecule has 146 valence electrons. The van der Waals surface area contributed by atoms with Crippen LogP contribution >= 0.6 is 0 Å². The average molecular weight is 375 g/mol. The molecule has 0 radical (unpaired) electrons. The van der Waals surface area contributed by atoms with Gasteiger partial charge in [-0.15, -0.1) is 0 Å². The van der Waals surface area contributed by atoms with Gasteiger partial charge in [0.25, 0.3) is 0 Å². The smallest absolute Gasteiger partial charge is 0.0409 e. The second-order valence-corrected chi connectivity index (χ2v) is 7.46. The zero-order valence-corrected chi connectivity index (χ0v) is 17.7. The Balaban J connectivity index is 1.74. The maximum Gasteiger partial charge on any atom is 0.0409 e. The van der Waals surface area contributed by atoms with Crippen LogP contribution in [-0.4, -0.2) is 42.3 Å². The van der Waals surface area contributed by atoms with Crippen LogP contribution in [-0.2, 0) is 0 Å². The molecule has 28 heavy (non-hydrogen) atoms. The second kappa shape index (κ2) is 8.26. The monoisotopic (exact) mass is 374 g/mol. The fourth-order valence-corrected chi connectivity index (χ4v) is 3.15. The molecular formula is C24H30N4. The highest BCUT2D eigenvalue weighted by molar-refractivity contribution is 5.70. The topological polar surface area (TPSA) is 13.0 Å². The van der Waals surface area contributed by atoms with Gasteiger partial charge in [0.15, 0.2) is 0 Å². The minimum atomic E-state index is 1.16. The van der Waals surface area contributed by atoms with E-state index in [2.05, 4.69) is 135 Å². The van der Waals surface area contributed by atoms with Crippen molar-refractivity contribution in [1.29, 1.82) is 0 Å². The maximum atomic E-state index is 2.20. The highest BCUT2D eigenvalue weighted by atomic mass is 15.1. The van der Waals surface area contributed by atoms with Gasteiger partial charge in [-0.25, -0.2) is 0 Å². The minimum absolute atomic E-state index is 1.16. The van der Waals surface area contributed by atoms with E-state index in [0.29, 0.717) is 0 Å². The fraction of sp³-hybridized carbons (Fsp3) is 0.250. The first-order valence-electron chi connectivity index (χ1n) is 9.49. The van der Waals surface area contributed by atoms with E-state index in [4.69, 9.17) is 0 Å². The Morgan fingerprint density at radius 3 is 0.679 bits per heavy atom. The molecule has 0 saturated heterocycles. The van der Waals surface area contributed by atoms with E-state index >= 15 is 0 Å². The lowest BCUT2D eigenvalue weighted by Crippen LogP contribution is -2.13. The molecule has 3 aromatic rings. The number of hydrogen-bond acceptors (Lipinski definition) is 4. The maximum absolute atomic E-state index is 2.20. The van der Waals surface area contributed by atoms with Crippen molar-refractivity contribution >= 4 is 34.1 Å². The van der Waals surface area contributed by atoms with E-state index in [1.54, 1.807) is 0 Å². The predicted molar refractivity (Wildman–Crippen MR) is 124 cm³/mol. The fourth-order valence-electron chi connectivity index (χ4n) is 3.15. The van der Waals surface area contributed by atoms with Gasteiger partial charge in [-0.05, 0) is 72.8 Å². The molecule has 0 aromatic heterocycles. The molecule has 0 unspecified atom stereocenters. The number of hydrogen-bond donors (Lipinski definition) is 0. The van der Waals surface area contributed by atoms with E-state index in [1.807, 2.05) is 0 Å². The standard InChI is InChI=1S/C24H30N4/c1-25(2)19-7-11-21(12-8-19)27(5)23-15-17-24(18-16-23)28(6)22-13-9-20(10-14-22)26(3)4/h7-18H,1-6H3. The van der Waals surface area contributed by atoms with Crippen molar-refractivity contribution in [3.8, 4) is 0 Å². The average Bonchev–Trinajstić information content (AvgIpc) is 2.73. The van der Waals surface area contributed by atoms with Crippen molar-refractivity contribution in [2.24, 2.45) is 0 Å². The molecule has 0 aliphatic rings. The molecule has 4 heteroatoms. The minimum Gasteiger partial charge on any atom is -0.378 e. The van der Waals surface area contributed by atoms with Gasteiger partial charge in [0.1, 0.15) is 0 Å². The molecular weight excluding hydrogens is 344 g/mol. The number of anilines is 6. The number of rotatable bonds is 6. The lowest BCUT2D eigenvalue weighted by atomic mass is 10.2. The van der Waals surface area contributed by atoms with Gasteiger partial charge < -0.3 is 19.6 Å². The van der Waals surface area contributed by atoms with Crippen LogP contribution in [0.4, 0.5) is 34.1 Å². The molecule has 4 nitrogen and oxygen atoms in total. The van der Waals surface area contributed by atoms with Crippen LogP contribution in [0.15, 0.2) is 72.8 Å². The zero-order valence-electron chi connectivity index (χ0n) is 17.7. The number of benzene rings is 3. The quantitative estimate of drug-likeness (QED) is 0.576. The Kier molecular flexibility index (Phi) is 5.78. The molecule has 0 spiro atoms.